The molecule has 112 valence electrons. The van der Waals surface area contributed by atoms with E-state index in [0.29, 0.717) is 24.6 Å². The number of benzene rings is 1. The van der Waals surface area contributed by atoms with Gasteiger partial charge in [-0.1, -0.05) is 22.9 Å². The highest BCUT2D eigenvalue weighted by molar-refractivity contribution is 9.10. The highest BCUT2D eigenvalue weighted by Crippen LogP contribution is 2.33. The van der Waals surface area contributed by atoms with Crippen LogP contribution >= 0.6 is 15.9 Å². The number of carboxylic acids is 1. The van der Waals surface area contributed by atoms with Crippen LogP contribution in [0.3, 0.4) is 0 Å². The summed E-state index contributed by atoms with van der Waals surface area (Å²) in [7, 11) is 3.18. The van der Waals surface area contributed by atoms with Gasteiger partial charge in [0.25, 0.3) is 0 Å². The third-order valence-corrected chi connectivity index (χ3v) is 3.57. The Balaban J connectivity index is 3.01. The summed E-state index contributed by atoms with van der Waals surface area (Å²) in [5.41, 5.74) is 0.919. The van der Waals surface area contributed by atoms with Crippen LogP contribution in [-0.2, 0) is 11.3 Å². The van der Waals surface area contributed by atoms with Crippen molar-refractivity contribution >= 4 is 21.9 Å². The number of carbonyl (C=O) groups is 1. The molecule has 0 radical (unpaired) electrons. The first-order valence-electron chi connectivity index (χ1n) is 6.36. The zero-order chi connectivity index (χ0) is 15.1. The fourth-order valence-electron chi connectivity index (χ4n) is 1.99. The van der Waals surface area contributed by atoms with Gasteiger partial charge in [-0.3, -0.25) is 9.69 Å². The third kappa shape index (κ3) is 4.68. The summed E-state index contributed by atoms with van der Waals surface area (Å²) < 4.78 is 11.4. The molecule has 1 rings (SSSR count). The molecule has 6 heteroatoms. The Hall–Kier alpha value is -1.27. The van der Waals surface area contributed by atoms with Crippen molar-refractivity contribution in [2.45, 2.75) is 19.9 Å². The highest BCUT2D eigenvalue weighted by atomic mass is 79.9. The maximum absolute atomic E-state index is 10.9. The number of carboxylic acid groups (broad SMARTS) is 1. The van der Waals surface area contributed by atoms with Crippen molar-refractivity contribution in [2.24, 2.45) is 0 Å². The zero-order valence-electron chi connectivity index (χ0n) is 12.0. The van der Waals surface area contributed by atoms with Gasteiger partial charge in [-0.05, 0) is 19.0 Å². The van der Waals surface area contributed by atoms with Crippen molar-refractivity contribution in [1.29, 1.82) is 0 Å². The van der Waals surface area contributed by atoms with E-state index in [4.69, 9.17) is 14.6 Å². The SMILES string of the molecule is CCCN(CC(=O)O)Cc1c(Br)cc(OC)cc1OC. The van der Waals surface area contributed by atoms with Crippen LogP contribution < -0.4 is 9.47 Å². The minimum Gasteiger partial charge on any atom is -0.497 e. The van der Waals surface area contributed by atoms with E-state index in [1.807, 2.05) is 17.9 Å². The number of rotatable bonds is 8. The van der Waals surface area contributed by atoms with Crippen molar-refractivity contribution in [3.8, 4) is 11.5 Å². The van der Waals surface area contributed by atoms with E-state index in [1.54, 1.807) is 20.3 Å². The lowest BCUT2D eigenvalue weighted by molar-refractivity contribution is -0.138. The topological polar surface area (TPSA) is 59.0 Å². The molecule has 0 fully saturated rings. The van der Waals surface area contributed by atoms with Gasteiger partial charge < -0.3 is 14.6 Å². The number of aliphatic carboxylic acids is 1. The molecule has 0 heterocycles. The lowest BCUT2D eigenvalue weighted by atomic mass is 10.1. The van der Waals surface area contributed by atoms with Crippen LogP contribution in [0.5, 0.6) is 11.5 Å². The predicted molar refractivity (Wildman–Crippen MR) is 80.4 cm³/mol. The molecule has 0 atom stereocenters. The van der Waals surface area contributed by atoms with Gasteiger partial charge in [0, 0.05) is 22.6 Å². The third-order valence-electron chi connectivity index (χ3n) is 2.86. The quantitative estimate of drug-likeness (QED) is 0.784. The molecule has 1 N–H and O–H groups in total. The molecule has 1 aromatic carbocycles. The van der Waals surface area contributed by atoms with Crippen LogP contribution in [0.15, 0.2) is 16.6 Å². The Bertz CT molecular complexity index is 465. The molecule has 20 heavy (non-hydrogen) atoms. The molecule has 0 spiro atoms. The van der Waals surface area contributed by atoms with Gasteiger partial charge in [0.15, 0.2) is 0 Å². The van der Waals surface area contributed by atoms with Crippen LogP contribution in [0, 0.1) is 0 Å². The minimum absolute atomic E-state index is 0.00939. The summed E-state index contributed by atoms with van der Waals surface area (Å²) >= 11 is 3.49. The Morgan fingerprint density at radius 2 is 2.05 bits per heavy atom. The molecule has 0 bridgehead atoms. The maximum Gasteiger partial charge on any atom is 0.317 e. The number of hydrogen-bond acceptors (Lipinski definition) is 4. The summed E-state index contributed by atoms with van der Waals surface area (Å²) in [5, 5.41) is 8.96. The average Bonchev–Trinajstić information content (AvgIpc) is 2.40. The van der Waals surface area contributed by atoms with Crippen LogP contribution in [0.1, 0.15) is 18.9 Å². The van der Waals surface area contributed by atoms with E-state index in [-0.39, 0.29) is 6.54 Å². The molecule has 0 aliphatic rings. The number of ether oxygens (including phenoxy) is 2. The number of nitrogens with zero attached hydrogens (tertiary/aromatic N) is 1. The van der Waals surface area contributed by atoms with Crippen molar-refractivity contribution in [3.63, 3.8) is 0 Å². The van der Waals surface area contributed by atoms with E-state index in [2.05, 4.69) is 15.9 Å². The van der Waals surface area contributed by atoms with Crippen molar-refractivity contribution in [2.75, 3.05) is 27.3 Å². The van der Waals surface area contributed by atoms with Gasteiger partial charge in [0.2, 0.25) is 0 Å². The first-order chi connectivity index (χ1) is 9.51. The van der Waals surface area contributed by atoms with Crippen molar-refractivity contribution in [3.05, 3.63) is 22.2 Å². The summed E-state index contributed by atoms with van der Waals surface area (Å²) in [6, 6.07) is 3.65. The first-order valence-corrected chi connectivity index (χ1v) is 7.15. The fourth-order valence-corrected chi connectivity index (χ4v) is 2.53. The molecule has 0 aromatic heterocycles. The molecule has 0 aliphatic heterocycles. The minimum atomic E-state index is -0.831. The summed E-state index contributed by atoms with van der Waals surface area (Å²) in [6.07, 6.45) is 0.892. The summed E-state index contributed by atoms with van der Waals surface area (Å²) in [5.74, 6) is 0.544. The summed E-state index contributed by atoms with van der Waals surface area (Å²) in [4.78, 5) is 12.8. The van der Waals surface area contributed by atoms with Crippen LogP contribution in [0.2, 0.25) is 0 Å². The molecular formula is C14H20BrNO4. The standard InChI is InChI=1S/C14H20BrNO4/c1-4-5-16(9-14(17)18)8-11-12(15)6-10(19-2)7-13(11)20-3/h6-7H,4-5,8-9H2,1-3H3,(H,17,18). The van der Waals surface area contributed by atoms with E-state index in [1.165, 1.54) is 0 Å². The smallest absolute Gasteiger partial charge is 0.317 e. The Labute approximate surface area is 127 Å². The van der Waals surface area contributed by atoms with E-state index < -0.39 is 5.97 Å². The predicted octanol–water partition coefficient (Wildman–Crippen LogP) is 2.76. The van der Waals surface area contributed by atoms with Crippen LogP contribution in [0.4, 0.5) is 0 Å². The lowest BCUT2D eigenvalue weighted by Crippen LogP contribution is -2.30. The van der Waals surface area contributed by atoms with Crippen molar-refractivity contribution < 1.29 is 19.4 Å². The number of halogens is 1. The second kappa shape index (κ2) is 8.11. The fraction of sp³-hybridized carbons (Fsp3) is 0.500. The Kier molecular flexibility index (Phi) is 6.81. The lowest BCUT2D eigenvalue weighted by Gasteiger charge is -2.22. The average molecular weight is 346 g/mol. The van der Waals surface area contributed by atoms with Gasteiger partial charge in [-0.2, -0.15) is 0 Å². The van der Waals surface area contributed by atoms with E-state index in [9.17, 15) is 4.79 Å². The Morgan fingerprint density at radius 1 is 1.35 bits per heavy atom. The van der Waals surface area contributed by atoms with Gasteiger partial charge in [-0.15, -0.1) is 0 Å². The number of hydrogen-bond donors (Lipinski definition) is 1. The van der Waals surface area contributed by atoms with Gasteiger partial charge in [-0.25, -0.2) is 0 Å². The molecule has 0 amide bonds. The van der Waals surface area contributed by atoms with E-state index in [0.717, 1.165) is 16.5 Å². The van der Waals surface area contributed by atoms with Gasteiger partial charge >= 0.3 is 5.97 Å². The normalized spacial score (nSPS) is 10.7. The van der Waals surface area contributed by atoms with Crippen LogP contribution in [0.25, 0.3) is 0 Å². The molecule has 0 unspecified atom stereocenters. The molecule has 0 saturated carbocycles. The molecular weight excluding hydrogens is 326 g/mol. The molecule has 0 saturated heterocycles. The summed E-state index contributed by atoms with van der Waals surface area (Å²) in [6.45, 7) is 3.26. The number of methoxy groups -OCH3 is 2. The van der Waals surface area contributed by atoms with Crippen LogP contribution in [-0.4, -0.2) is 43.3 Å². The van der Waals surface area contributed by atoms with E-state index >= 15 is 0 Å². The second-order valence-electron chi connectivity index (χ2n) is 4.39. The molecule has 0 aliphatic carbocycles. The maximum atomic E-state index is 10.9. The largest absolute Gasteiger partial charge is 0.497 e. The monoisotopic (exact) mass is 345 g/mol. The molecule has 5 nitrogen and oxygen atoms in total. The zero-order valence-corrected chi connectivity index (χ0v) is 13.6. The first kappa shape index (κ1) is 16.8. The van der Waals surface area contributed by atoms with Gasteiger partial charge in [0.1, 0.15) is 11.5 Å². The van der Waals surface area contributed by atoms with Gasteiger partial charge in [0.05, 0.1) is 20.8 Å². The van der Waals surface area contributed by atoms with Crippen molar-refractivity contribution in [1.82, 2.24) is 4.90 Å². The second-order valence-corrected chi connectivity index (χ2v) is 5.25. The molecule has 1 aromatic rings. The highest BCUT2D eigenvalue weighted by Gasteiger charge is 2.16. The Morgan fingerprint density at radius 3 is 2.55 bits per heavy atom.